The third kappa shape index (κ3) is 3.40. The monoisotopic (exact) mass is 406 g/mol. The molecule has 2 aliphatic heterocycles. The molecule has 2 saturated heterocycles. The number of β-lactam (4-membered cyclic amide) rings is 1. The van der Waals surface area contributed by atoms with E-state index in [0.29, 0.717) is 0 Å². The Labute approximate surface area is 179 Å². The largest absolute Gasteiger partial charge is 1.00 e. The van der Waals surface area contributed by atoms with E-state index < -0.39 is 51.9 Å². The van der Waals surface area contributed by atoms with Gasteiger partial charge in [0.1, 0.15) is 23.4 Å². The minimum atomic E-state index is -1.55. The van der Waals surface area contributed by atoms with E-state index >= 15 is 0 Å². The van der Waals surface area contributed by atoms with Gasteiger partial charge in [0.15, 0.2) is 0 Å². The summed E-state index contributed by atoms with van der Waals surface area (Å²) in [6, 6.07) is -0.424. The van der Waals surface area contributed by atoms with Gasteiger partial charge in [-0.3, -0.25) is 9.59 Å². The summed E-state index contributed by atoms with van der Waals surface area (Å²) < 4.78 is -0.716. The smallest absolute Gasteiger partial charge is 0.549 e. The molecule has 2 aliphatic rings. The summed E-state index contributed by atoms with van der Waals surface area (Å²) >= 11 is 2.52. The number of amides is 2. The molecule has 0 saturated carbocycles. The van der Waals surface area contributed by atoms with Gasteiger partial charge in [0.25, 0.3) is 0 Å². The Morgan fingerprint density at radius 2 is 2.04 bits per heavy atom. The fraction of sp³-hybridized carbons (Fsp3) is 0.467. The first-order valence-electron chi connectivity index (χ1n) is 7.41. The van der Waals surface area contributed by atoms with E-state index in [1.165, 1.54) is 39.4 Å². The fourth-order valence-corrected chi connectivity index (χ4v) is 5.53. The summed E-state index contributed by atoms with van der Waals surface area (Å²) in [7, 11) is 0. The number of nitrogens with zero attached hydrogens (tertiary/aromatic N) is 1. The predicted molar refractivity (Wildman–Crippen MR) is 87.7 cm³/mol. The molecule has 2 N–H and O–H groups in total. The van der Waals surface area contributed by atoms with Crippen LogP contribution in [0.1, 0.15) is 25.3 Å². The quantitative estimate of drug-likeness (QED) is 0.292. The van der Waals surface area contributed by atoms with Gasteiger partial charge in [-0.2, -0.15) is 11.3 Å². The van der Waals surface area contributed by atoms with E-state index in [-0.39, 0.29) is 35.1 Å². The number of fused-ring (bicyclic) bond motifs is 1. The van der Waals surface area contributed by atoms with E-state index in [4.69, 9.17) is 0 Å². The molecule has 0 radical (unpaired) electrons. The van der Waals surface area contributed by atoms with E-state index in [9.17, 15) is 29.4 Å². The molecule has 11 heteroatoms. The molecule has 3 heterocycles. The second-order valence-electron chi connectivity index (χ2n) is 6.39. The van der Waals surface area contributed by atoms with Gasteiger partial charge in [-0.05, 0) is 36.2 Å². The minimum absolute atomic E-state index is 0. The first kappa shape index (κ1) is 21.2. The van der Waals surface area contributed by atoms with Crippen molar-refractivity contribution in [3.05, 3.63) is 22.4 Å². The van der Waals surface area contributed by atoms with Crippen LogP contribution in [0, 0.1) is 0 Å². The SMILES string of the molecule is CC1(C)SC2C(NC(=O)C(C(=O)[O-])c3ccsc3)C(=O)N2C1C(=O)O.[Na+]. The summed E-state index contributed by atoms with van der Waals surface area (Å²) in [5.74, 6) is -5.53. The van der Waals surface area contributed by atoms with Crippen molar-refractivity contribution in [2.75, 3.05) is 0 Å². The Balaban J connectivity index is 0.00000243. The van der Waals surface area contributed by atoms with Crippen molar-refractivity contribution in [3.8, 4) is 0 Å². The van der Waals surface area contributed by atoms with Crippen LogP contribution in [0.25, 0.3) is 0 Å². The molecule has 26 heavy (non-hydrogen) atoms. The number of hydrogen-bond donors (Lipinski definition) is 2. The molecule has 134 valence electrons. The van der Waals surface area contributed by atoms with Gasteiger partial charge in [-0.1, -0.05) is 0 Å². The maximum absolute atomic E-state index is 12.4. The number of aliphatic carboxylic acids is 2. The van der Waals surface area contributed by atoms with E-state index in [2.05, 4.69) is 5.32 Å². The van der Waals surface area contributed by atoms with Crippen LogP contribution < -0.4 is 40.0 Å². The molecule has 8 nitrogen and oxygen atoms in total. The molecule has 1 aromatic rings. The van der Waals surface area contributed by atoms with Crippen molar-refractivity contribution in [2.45, 2.75) is 42.0 Å². The number of carbonyl (C=O) groups excluding carboxylic acids is 3. The third-order valence-electron chi connectivity index (χ3n) is 4.35. The zero-order valence-corrected chi connectivity index (χ0v) is 17.9. The number of nitrogens with one attached hydrogen (secondary N) is 1. The number of carbonyl (C=O) groups is 4. The average Bonchev–Trinajstić information content (AvgIpc) is 3.09. The Kier molecular flexibility index (Phi) is 6.13. The Morgan fingerprint density at radius 1 is 1.38 bits per heavy atom. The van der Waals surface area contributed by atoms with Crippen LogP contribution in [0.3, 0.4) is 0 Å². The van der Waals surface area contributed by atoms with Gasteiger partial charge in [0.2, 0.25) is 11.8 Å². The van der Waals surface area contributed by atoms with Crippen LogP contribution in [0.2, 0.25) is 0 Å². The van der Waals surface area contributed by atoms with Crippen LogP contribution in [0.15, 0.2) is 16.8 Å². The van der Waals surface area contributed by atoms with Crippen LogP contribution in [0.5, 0.6) is 0 Å². The minimum Gasteiger partial charge on any atom is -0.549 e. The summed E-state index contributed by atoms with van der Waals surface area (Å²) in [4.78, 5) is 48.7. The van der Waals surface area contributed by atoms with Gasteiger partial charge in [0.05, 0.1) is 5.97 Å². The fourth-order valence-electron chi connectivity index (χ4n) is 3.22. The summed E-state index contributed by atoms with van der Waals surface area (Å²) in [5, 5.41) is 25.8. The van der Waals surface area contributed by atoms with Crippen LogP contribution in [-0.2, 0) is 19.2 Å². The Hall–Kier alpha value is -1.07. The molecular weight excluding hydrogens is 391 g/mol. The van der Waals surface area contributed by atoms with Crippen molar-refractivity contribution in [1.82, 2.24) is 10.2 Å². The van der Waals surface area contributed by atoms with Crippen LogP contribution in [0.4, 0.5) is 0 Å². The van der Waals surface area contributed by atoms with E-state index in [1.54, 1.807) is 19.2 Å². The molecule has 0 spiro atoms. The van der Waals surface area contributed by atoms with Crippen molar-refractivity contribution in [3.63, 3.8) is 0 Å². The number of carboxylic acids is 2. The molecule has 4 atom stereocenters. The molecule has 4 unspecified atom stereocenters. The normalized spacial score (nSPS) is 26.9. The predicted octanol–water partition coefficient (Wildman–Crippen LogP) is -3.78. The molecule has 0 aromatic carbocycles. The van der Waals surface area contributed by atoms with Gasteiger partial charge in [0, 0.05) is 4.75 Å². The summed E-state index contributed by atoms with van der Waals surface area (Å²) in [6.45, 7) is 3.44. The van der Waals surface area contributed by atoms with Crippen molar-refractivity contribution in [2.24, 2.45) is 0 Å². The molecule has 0 bridgehead atoms. The maximum Gasteiger partial charge on any atom is 1.00 e. The molecule has 2 amide bonds. The van der Waals surface area contributed by atoms with Gasteiger partial charge >= 0.3 is 35.5 Å². The number of thiophene rings is 1. The third-order valence-corrected chi connectivity index (χ3v) is 6.62. The zero-order valence-electron chi connectivity index (χ0n) is 14.3. The van der Waals surface area contributed by atoms with Crippen molar-refractivity contribution >= 4 is 46.9 Å². The number of thioether (sulfide) groups is 1. The topological polar surface area (TPSA) is 127 Å². The standard InChI is InChI=1S/C15H16N2O6S2.Na/c1-15(2)9(14(22)23)17-11(19)8(12(17)25-15)16-10(18)7(13(20)21)6-3-4-24-5-6;/h3-5,7-9,12H,1-2H3,(H,16,18)(H,20,21)(H,22,23);/q;+1/p-1. The number of hydrogen-bond acceptors (Lipinski definition) is 7. The van der Waals surface area contributed by atoms with Gasteiger partial charge < -0.3 is 25.2 Å². The Morgan fingerprint density at radius 3 is 2.54 bits per heavy atom. The molecule has 2 fully saturated rings. The molecule has 3 rings (SSSR count). The molecule has 0 aliphatic carbocycles. The van der Waals surface area contributed by atoms with Gasteiger partial charge in [-0.25, -0.2) is 4.79 Å². The van der Waals surface area contributed by atoms with Crippen molar-refractivity contribution < 1.29 is 58.9 Å². The average molecular weight is 406 g/mol. The number of rotatable bonds is 5. The molecular formula is C15H15N2NaO6S2. The van der Waals surface area contributed by atoms with E-state index in [1.807, 2.05) is 0 Å². The first-order chi connectivity index (χ1) is 11.6. The molecule has 1 aromatic heterocycles. The zero-order chi connectivity index (χ0) is 18.5. The summed E-state index contributed by atoms with van der Waals surface area (Å²) in [6.07, 6.45) is 0. The van der Waals surface area contributed by atoms with Crippen molar-refractivity contribution in [1.29, 1.82) is 0 Å². The summed E-state index contributed by atoms with van der Waals surface area (Å²) in [5.41, 5.74) is 0.286. The van der Waals surface area contributed by atoms with Crippen LogP contribution in [-0.4, -0.2) is 56.0 Å². The Bertz CT molecular complexity index is 753. The maximum atomic E-state index is 12.4. The second kappa shape index (κ2) is 7.51. The number of carboxylic acid groups (broad SMARTS) is 2. The van der Waals surface area contributed by atoms with Crippen LogP contribution >= 0.6 is 23.1 Å². The first-order valence-corrected chi connectivity index (χ1v) is 9.23. The van der Waals surface area contributed by atoms with Gasteiger partial charge in [-0.15, -0.1) is 11.8 Å². The second-order valence-corrected chi connectivity index (χ2v) is 8.94. The van der Waals surface area contributed by atoms with E-state index in [0.717, 1.165) is 0 Å².